The van der Waals surface area contributed by atoms with E-state index in [4.69, 9.17) is 4.42 Å². The molecule has 190 valence electrons. The van der Waals surface area contributed by atoms with Crippen LogP contribution in [0.25, 0.3) is 21.7 Å². The van der Waals surface area contributed by atoms with Crippen LogP contribution in [0.3, 0.4) is 0 Å². The fourth-order valence-corrected chi connectivity index (χ4v) is 5.18. The Morgan fingerprint density at radius 1 is 0.895 bits per heavy atom. The molecule has 0 atom stereocenters. The lowest BCUT2D eigenvalue weighted by Crippen LogP contribution is -2.49. The summed E-state index contributed by atoms with van der Waals surface area (Å²) >= 11 is 0. The van der Waals surface area contributed by atoms with E-state index in [1.807, 2.05) is 42.5 Å². The van der Waals surface area contributed by atoms with Crippen molar-refractivity contribution in [1.82, 2.24) is 15.6 Å². The second-order valence-corrected chi connectivity index (χ2v) is 9.18. The summed E-state index contributed by atoms with van der Waals surface area (Å²) in [4.78, 5) is 30.2. The molecule has 5 aromatic rings. The van der Waals surface area contributed by atoms with Crippen molar-refractivity contribution in [3.05, 3.63) is 112 Å². The molecule has 6 rings (SSSR count). The first kappa shape index (κ1) is 24.8. The van der Waals surface area contributed by atoms with Crippen molar-refractivity contribution in [2.75, 3.05) is 31.1 Å². The highest BCUT2D eigenvalue weighted by atomic mass is 16.3. The zero-order valence-electron chi connectivity index (χ0n) is 20.8. The van der Waals surface area contributed by atoms with E-state index in [1.165, 1.54) is 6.26 Å². The van der Waals surface area contributed by atoms with Crippen molar-refractivity contribution in [1.29, 1.82) is 5.26 Å². The van der Waals surface area contributed by atoms with Gasteiger partial charge in [-0.05, 0) is 40.6 Å². The average Bonchev–Trinajstić information content (AvgIpc) is 3.49. The van der Waals surface area contributed by atoms with Crippen LogP contribution >= 0.6 is 0 Å². The monoisotopic (exact) mass is 505 g/mol. The van der Waals surface area contributed by atoms with Crippen LogP contribution in [-0.4, -0.2) is 41.6 Å². The number of hydrogen-bond acceptors (Lipinski definition) is 6. The minimum Gasteiger partial charge on any atom is -0.459 e. The van der Waals surface area contributed by atoms with Gasteiger partial charge in [-0.1, -0.05) is 54.6 Å². The molecule has 1 fully saturated rings. The number of carbonyl (C=O) groups is 1. The largest absolute Gasteiger partial charge is 0.459 e. The van der Waals surface area contributed by atoms with Gasteiger partial charge in [-0.15, -0.1) is 0 Å². The SMILES string of the molecule is N.N#Cc1c(N2CCN(C(=O)c3ccco3)CC2)c2ccccc2n(Cc2ccc3ccccc3c2)c1=O. The number of rotatable bonds is 4. The summed E-state index contributed by atoms with van der Waals surface area (Å²) in [6, 6.07) is 27.6. The van der Waals surface area contributed by atoms with Crippen LogP contribution in [0.5, 0.6) is 0 Å². The van der Waals surface area contributed by atoms with Gasteiger partial charge in [-0.3, -0.25) is 9.59 Å². The van der Waals surface area contributed by atoms with Crippen LogP contribution in [0.15, 0.2) is 94.3 Å². The van der Waals surface area contributed by atoms with E-state index in [9.17, 15) is 14.9 Å². The lowest BCUT2D eigenvalue weighted by Gasteiger charge is -2.36. The molecule has 3 N–H and O–H groups in total. The van der Waals surface area contributed by atoms with Crippen LogP contribution in [0.2, 0.25) is 0 Å². The first-order chi connectivity index (χ1) is 18.1. The number of benzene rings is 3. The lowest BCUT2D eigenvalue weighted by molar-refractivity contribution is 0.0715. The predicted octanol–water partition coefficient (Wildman–Crippen LogP) is 4.79. The summed E-state index contributed by atoms with van der Waals surface area (Å²) in [5.74, 6) is 0.161. The molecule has 3 heterocycles. The Labute approximate surface area is 219 Å². The number of nitriles is 1. The fraction of sp³-hybridized carbons (Fsp3) is 0.167. The van der Waals surface area contributed by atoms with Crippen molar-refractivity contribution in [3.63, 3.8) is 0 Å². The molecule has 0 bridgehead atoms. The lowest BCUT2D eigenvalue weighted by atomic mass is 10.0. The predicted molar refractivity (Wildman–Crippen MR) is 148 cm³/mol. The first-order valence-corrected chi connectivity index (χ1v) is 12.2. The van der Waals surface area contributed by atoms with E-state index >= 15 is 0 Å². The molecule has 3 aromatic carbocycles. The number of piperazine rings is 1. The van der Waals surface area contributed by atoms with Crippen LogP contribution < -0.4 is 16.6 Å². The highest BCUT2D eigenvalue weighted by Crippen LogP contribution is 2.30. The number of aromatic nitrogens is 1. The van der Waals surface area contributed by atoms with Gasteiger partial charge in [0.2, 0.25) is 0 Å². The van der Waals surface area contributed by atoms with Crippen molar-refractivity contribution in [2.24, 2.45) is 0 Å². The van der Waals surface area contributed by atoms with E-state index < -0.39 is 0 Å². The van der Waals surface area contributed by atoms with Crippen LogP contribution in [-0.2, 0) is 6.54 Å². The summed E-state index contributed by atoms with van der Waals surface area (Å²) in [6.07, 6.45) is 1.49. The van der Waals surface area contributed by atoms with E-state index in [2.05, 4.69) is 35.2 Å². The van der Waals surface area contributed by atoms with Gasteiger partial charge in [0.05, 0.1) is 24.0 Å². The fourth-order valence-electron chi connectivity index (χ4n) is 5.18. The summed E-state index contributed by atoms with van der Waals surface area (Å²) < 4.78 is 6.96. The van der Waals surface area contributed by atoms with Crippen molar-refractivity contribution < 1.29 is 9.21 Å². The molecular formula is C30H27N5O3. The molecule has 38 heavy (non-hydrogen) atoms. The second kappa shape index (κ2) is 10.2. The molecule has 0 unspecified atom stereocenters. The molecule has 8 nitrogen and oxygen atoms in total. The third-order valence-electron chi connectivity index (χ3n) is 7.03. The number of hydrogen-bond donors (Lipinski definition) is 1. The zero-order valence-corrected chi connectivity index (χ0v) is 20.8. The van der Waals surface area contributed by atoms with Crippen LogP contribution in [0, 0.1) is 11.3 Å². The minimum absolute atomic E-state index is 0. The highest BCUT2D eigenvalue weighted by Gasteiger charge is 2.28. The average molecular weight is 506 g/mol. The summed E-state index contributed by atoms with van der Waals surface area (Å²) in [7, 11) is 0. The van der Waals surface area contributed by atoms with Crippen molar-refractivity contribution in [3.8, 4) is 6.07 Å². The molecule has 0 aliphatic carbocycles. The summed E-state index contributed by atoms with van der Waals surface area (Å²) in [5, 5.41) is 13.2. The number of furan rings is 1. The molecular weight excluding hydrogens is 478 g/mol. The molecule has 0 radical (unpaired) electrons. The highest BCUT2D eigenvalue weighted by molar-refractivity contribution is 5.95. The van der Waals surface area contributed by atoms with Gasteiger partial charge in [-0.2, -0.15) is 5.26 Å². The standard InChI is InChI=1S/C30H24N4O3.H3N/c31-19-25-28(32-13-15-33(16-14-32)30(36)27-10-5-17-37-27)24-8-3-4-9-26(24)34(29(25)35)20-21-11-12-22-6-1-2-7-23(22)18-21;/h1-12,17-18H,13-16,20H2;1H3. The Balaban J connectivity index is 0.00000294. The van der Waals surface area contributed by atoms with E-state index in [-0.39, 0.29) is 23.2 Å². The number of anilines is 1. The van der Waals surface area contributed by atoms with Gasteiger partial charge in [0.25, 0.3) is 11.5 Å². The number of para-hydroxylation sites is 1. The van der Waals surface area contributed by atoms with Crippen LogP contribution in [0.1, 0.15) is 21.7 Å². The molecule has 0 spiro atoms. The topological polar surface area (TPSA) is 117 Å². The van der Waals surface area contributed by atoms with Crippen LogP contribution in [0.4, 0.5) is 5.69 Å². The summed E-state index contributed by atoms with van der Waals surface area (Å²) in [5.41, 5.74) is 2.24. The minimum atomic E-state index is -0.307. The number of carbonyl (C=O) groups excluding carboxylic acids is 1. The number of amides is 1. The smallest absolute Gasteiger partial charge is 0.289 e. The van der Waals surface area contributed by atoms with E-state index in [0.717, 1.165) is 27.2 Å². The quantitative estimate of drug-likeness (QED) is 0.375. The number of pyridine rings is 1. The third kappa shape index (κ3) is 4.29. The second-order valence-electron chi connectivity index (χ2n) is 9.18. The number of nitrogens with zero attached hydrogens (tertiary/aromatic N) is 4. The molecule has 1 amide bonds. The maximum Gasteiger partial charge on any atom is 0.289 e. The molecule has 1 aliphatic rings. The third-order valence-corrected chi connectivity index (χ3v) is 7.03. The Hall–Kier alpha value is -4.87. The Bertz CT molecular complexity index is 1730. The Morgan fingerprint density at radius 3 is 2.37 bits per heavy atom. The van der Waals surface area contributed by atoms with Gasteiger partial charge < -0.3 is 24.9 Å². The van der Waals surface area contributed by atoms with Gasteiger partial charge in [-0.25, -0.2) is 0 Å². The van der Waals surface area contributed by atoms with Gasteiger partial charge in [0, 0.05) is 31.6 Å². The maximum atomic E-state index is 13.7. The maximum absolute atomic E-state index is 13.7. The normalized spacial score (nSPS) is 13.3. The van der Waals surface area contributed by atoms with Crippen molar-refractivity contribution >= 4 is 33.3 Å². The van der Waals surface area contributed by atoms with Crippen molar-refractivity contribution in [2.45, 2.75) is 6.54 Å². The molecule has 8 heteroatoms. The van der Waals surface area contributed by atoms with E-state index in [1.54, 1.807) is 21.6 Å². The zero-order chi connectivity index (χ0) is 25.4. The molecule has 1 saturated heterocycles. The molecule has 2 aromatic heterocycles. The van der Waals surface area contributed by atoms with Gasteiger partial charge in [0.15, 0.2) is 5.76 Å². The Morgan fingerprint density at radius 2 is 1.63 bits per heavy atom. The number of fused-ring (bicyclic) bond motifs is 2. The molecule has 0 saturated carbocycles. The Kier molecular flexibility index (Phi) is 6.69. The van der Waals surface area contributed by atoms with E-state index in [0.29, 0.717) is 44.2 Å². The summed E-state index contributed by atoms with van der Waals surface area (Å²) in [6.45, 7) is 2.33. The molecule has 1 aliphatic heterocycles. The first-order valence-electron chi connectivity index (χ1n) is 12.2. The van der Waals surface area contributed by atoms with Gasteiger partial charge >= 0.3 is 0 Å². The van der Waals surface area contributed by atoms with Gasteiger partial charge in [0.1, 0.15) is 11.6 Å².